The molecular formula is C20H14N4O6. The third kappa shape index (κ3) is 3.26. The molecule has 0 atom stereocenters. The summed E-state index contributed by atoms with van der Waals surface area (Å²) in [7, 11) is 0. The summed E-state index contributed by atoms with van der Waals surface area (Å²) in [4.78, 5) is 25.6. The molecule has 0 radical (unpaired) electrons. The van der Waals surface area contributed by atoms with Crippen LogP contribution in [-0.2, 0) is 6.54 Å². The van der Waals surface area contributed by atoms with E-state index in [9.17, 15) is 30.4 Å². The van der Waals surface area contributed by atoms with E-state index in [4.69, 9.17) is 0 Å². The lowest BCUT2D eigenvalue weighted by atomic mass is 10.1. The molecule has 2 N–H and O–H groups in total. The van der Waals surface area contributed by atoms with Crippen LogP contribution in [-0.4, -0.2) is 29.6 Å². The van der Waals surface area contributed by atoms with Crippen LogP contribution in [0.15, 0.2) is 60.7 Å². The number of phenolic OH excluding ortho intramolecular Hbond substituents is 2. The minimum absolute atomic E-state index is 0.172. The second-order valence-electron chi connectivity index (χ2n) is 6.55. The van der Waals surface area contributed by atoms with Crippen LogP contribution in [0.3, 0.4) is 0 Å². The first-order valence-electron chi connectivity index (χ1n) is 8.74. The normalized spacial score (nSPS) is 10.9. The summed E-state index contributed by atoms with van der Waals surface area (Å²) in [5.41, 5.74) is 1.43. The van der Waals surface area contributed by atoms with Crippen LogP contribution in [0.25, 0.3) is 22.4 Å². The minimum atomic E-state index is -0.685. The number of benzene rings is 3. The molecule has 0 saturated heterocycles. The number of aromatic nitrogens is 2. The quantitative estimate of drug-likeness (QED) is 0.377. The van der Waals surface area contributed by atoms with E-state index >= 15 is 0 Å². The second-order valence-corrected chi connectivity index (χ2v) is 6.55. The highest BCUT2D eigenvalue weighted by molar-refractivity contribution is 5.81. The van der Waals surface area contributed by atoms with E-state index in [2.05, 4.69) is 4.98 Å². The Bertz CT molecular complexity index is 1310. The Balaban J connectivity index is 1.89. The molecule has 1 aromatic heterocycles. The molecule has 1 heterocycles. The third-order valence-corrected chi connectivity index (χ3v) is 4.66. The van der Waals surface area contributed by atoms with E-state index in [1.165, 1.54) is 30.3 Å². The molecule has 0 aliphatic carbocycles. The topological polar surface area (TPSA) is 145 Å². The van der Waals surface area contributed by atoms with Gasteiger partial charge in [-0.05, 0) is 35.9 Å². The number of rotatable bonds is 5. The predicted octanol–water partition coefficient (Wildman–Crippen LogP) is 3.98. The molecule has 10 heteroatoms. The number of fused-ring (bicyclic) bond motifs is 1. The molecule has 0 fully saturated rings. The molecule has 0 aliphatic rings. The van der Waals surface area contributed by atoms with Crippen molar-refractivity contribution in [3.05, 3.63) is 86.5 Å². The third-order valence-electron chi connectivity index (χ3n) is 4.66. The summed E-state index contributed by atoms with van der Waals surface area (Å²) < 4.78 is 1.77. The van der Waals surface area contributed by atoms with Crippen LogP contribution < -0.4 is 0 Å². The van der Waals surface area contributed by atoms with Crippen molar-refractivity contribution < 1.29 is 20.1 Å². The van der Waals surface area contributed by atoms with E-state index in [-0.39, 0.29) is 6.54 Å². The zero-order chi connectivity index (χ0) is 21.4. The largest absolute Gasteiger partial charge is 0.502 e. The van der Waals surface area contributed by atoms with Gasteiger partial charge < -0.3 is 14.8 Å². The van der Waals surface area contributed by atoms with E-state index in [1.54, 1.807) is 22.8 Å². The van der Waals surface area contributed by atoms with Gasteiger partial charge in [0.25, 0.3) is 0 Å². The smallest absolute Gasteiger partial charge is 0.311 e. The van der Waals surface area contributed by atoms with Gasteiger partial charge in [0, 0.05) is 24.2 Å². The lowest BCUT2D eigenvalue weighted by Crippen LogP contribution is -2.03. The highest BCUT2D eigenvalue weighted by Gasteiger charge is 2.20. The Labute approximate surface area is 168 Å². The molecule has 4 aromatic rings. The summed E-state index contributed by atoms with van der Waals surface area (Å²) in [5.74, 6) is -0.496. The Morgan fingerprint density at radius 1 is 0.867 bits per heavy atom. The van der Waals surface area contributed by atoms with Crippen molar-refractivity contribution in [3.63, 3.8) is 0 Å². The molecule has 150 valence electrons. The number of aromatic hydroxyl groups is 2. The number of nitro benzene ring substituents is 2. The van der Waals surface area contributed by atoms with E-state index in [0.717, 1.165) is 5.52 Å². The average Bonchev–Trinajstić information content (AvgIpc) is 3.08. The van der Waals surface area contributed by atoms with Gasteiger partial charge in [0.05, 0.1) is 20.9 Å². The first kappa shape index (κ1) is 18.9. The first-order chi connectivity index (χ1) is 14.3. The number of hydrogen-bond donors (Lipinski definition) is 2. The second kappa shape index (κ2) is 7.17. The molecule has 4 rings (SSSR count). The van der Waals surface area contributed by atoms with Crippen molar-refractivity contribution in [1.82, 2.24) is 9.55 Å². The molecule has 0 bridgehead atoms. The van der Waals surface area contributed by atoms with Gasteiger partial charge in [0.2, 0.25) is 0 Å². The van der Waals surface area contributed by atoms with E-state index in [1.807, 2.05) is 12.1 Å². The van der Waals surface area contributed by atoms with E-state index in [0.29, 0.717) is 22.5 Å². The highest BCUT2D eigenvalue weighted by atomic mass is 16.6. The number of hydrogen-bond acceptors (Lipinski definition) is 7. The maximum absolute atomic E-state index is 11.2. The summed E-state index contributed by atoms with van der Waals surface area (Å²) in [6, 6.07) is 15.2. The van der Waals surface area contributed by atoms with Gasteiger partial charge in [0.15, 0.2) is 11.5 Å². The van der Waals surface area contributed by atoms with Crippen LogP contribution in [0.4, 0.5) is 11.4 Å². The number of imidazole rings is 1. The van der Waals surface area contributed by atoms with Gasteiger partial charge in [-0.2, -0.15) is 0 Å². The lowest BCUT2D eigenvalue weighted by molar-refractivity contribution is -0.386. The number of phenols is 2. The zero-order valence-electron chi connectivity index (χ0n) is 15.3. The molecule has 0 amide bonds. The van der Waals surface area contributed by atoms with Gasteiger partial charge in [-0.15, -0.1) is 0 Å². The van der Waals surface area contributed by atoms with Crippen molar-refractivity contribution in [3.8, 4) is 22.9 Å². The standard InChI is InChI=1S/C20H14N4O6/c25-18-7-5-12(9-16(18)23(27)28)11-22-15-4-2-1-3-14(15)21-20(22)13-6-8-19(26)17(10-13)24(29)30/h1-10,25-26H,11H2. The highest BCUT2D eigenvalue weighted by Crippen LogP contribution is 2.34. The predicted molar refractivity (Wildman–Crippen MR) is 107 cm³/mol. The summed E-state index contributed by atoms with van der Waals surface area (Å²) in [6.45, 7) is 0.172. The fourth-order valence-electron chi connectivity index (χ4n) is 3.26. The number of nitro groups is 2. The van der Waals surface area contributed by atoms with Crippen LogP contribution in [0, 0.1) is 20.2 Å². The number of nitrogens with zero attached hydrogens (tertiary/aromatic N) is 4. The Kier molecular flexibility index (Phi) is 4.51. The molecule has 10 nitrogen and oxygen atoms in total. The zero-order valence-corrected chi connectivity index (χ0v) is 15.3. The minimum Gasteiger partial charge on any atom is -0.502 e. The van der Waals surface area contributed by atoms with Crippen molar-refractivity contribution in [2.75, 3.05) is 0 Å². The summed E-state index contributed by atoms with van der Waals surface area (Å²) in [6.07, 6.45) is 0. The SMILES string of the molecule is O=[N+]([O-])c1cc(Cn2c(-c3ccc(O)c([N+](=O)[O-])c3)nc3ccccc32)ccc1O. The van der Waals surface area contributed by atoms with Crippen molar-refractivity contribution in [2.45, 2.75) is 6.54 Å². The Morgan fingerprint density at radius 2 is 1.50 bits per heavy atom. The first-order valence-corrected chi connectivity index (χ1v) is 8.74. The molecule has 0 unspecified atom stereocenters. The van der Waals surface area contributed by atoms with Gasteiger partial charge >= 0.3 is 11.4 Å². The van der Waals surface area contributed by atoms with Gasteiger partial charge in [-0.1, -0.05) is 18.2 Å². The summed E-state index contributed by atoms with van der Waals surface area (Å²) in [5, 5.41) is 41.8. The molecular weight excluding hydrogens is 392 g/mol. The van der Waals surface area contributed by atoms with Gasteiger partial charge in [-0.3, -0.25) is 20.2 Å². The monoisotopic (exact) mass is 406 g/mol. The Morgan fingerprint density at radius 3 is 2.20 bits per heavy atom. The Hall–Kier alpha value is -4.47. The fourth-order valence-corrected chi connectivity index (χ4v) is 3.26. The lowest BCUT2D eigenvalue weighted by Gasteiger charge is -2.10. The van der Waals surface area contributed by atoms with E-state index < -0.39 is 32.7 Å². The summed E-state index contributed by atoms with van der Waals surface area (Å²) >= 11 is 0. The fraction of sp³-hybridized carbons (Fsp3) is 0.0500. The molecule has 0 aliphatic heterocycles. The van der Waals surface area contributed by atoms with Crippen LogP contribution in [0.5, 0.6) is 11.5 Å². The van der Waals surface area contributed by atoms with Crippen LogP contribution in [0.2, 0.25) is 0 Å². The molecule has 30 heavy (non-hydrogen) atoms. The maximum Gasteiger partial charge on any atom is 0.311 e. The van der Waals surface area contributed by atoms with Crippen molar-refractivity contribution in [1.29, 1.82) is 0 Å². The molecule has 3 aromatic carbocycles. The number of para-hydroxylation sites is 2. The van der Waals surface area contributed by atoms with Gasteiger partial charge in [0.1, 0.15) is 5.82 Å². The molecule has 0 saturated carbocycles. The van der Waals surface area contributed by atoms with Crippen molar-refractivity contribution >= 4 is 22.4 Å². The van der Waals surface area contributed by atoms with Crippen molar-refractivity contribution in [2.24, 2.45) is 0 Å². The van der Waals surface area contributed by atoms with Crippen LogP contribution >= 0.6 is 0 Å². The maximum atomic E-state index is 11.2. The average molecular weight is 406 g/mol. The van der Waals surface area contributed by atoms with Gasteiger partial charge in [-0.25, -0.2) is 4.98 Å². The van der Waals surface area contributed by atoms with Crippen LogP contribution in [0.1, 0.15) is 5.56 Å². The molecule has 0 spiro atoms.